The highest BCUT2D eigenvalue weighted by molar-refractivity contribution is 5.98. The highest BCUT2D eigenvalue weighted by Gasteiger charge is 2.04. The largest absolute Gasteiger partial charge is 0.379 e. The van der Waals surface area contributed by atoms with Gasteiger partial charge in [0.15, 0.2) is 0 Å². The molecule has 0 aliphatic carbocycles. The zero-order chi connectivity index (χ0) is 21.0. The molecule has 7 nitrogen and oxygen atoms in total. The Balaban J connectivity index is 0.000000367. The van der Waals surface area contributed by atoms with Gasteiger partial charge in [0.05, 0.1) is 18.9 Å². The second-order valence-electron chi connectivity index (χ2n) is 6.39. The quantitative estimate of drug-likeness (QED) is 0.564. The molecular weight excluding hydrogens is 378 g/mol. The van der Waals surface area contributed by atoms with Crippen LogP contribution in [0.1, 0.15) is 0 Å². The number of anilines is 3. The van der Waals surface area contributed by atoms with E-state index >= 15 is 0 Å². The van der Waals surface area contributed by atoms with Gasteiger partial charge in [0.2, 0.25) is 11.9 Å². The number of para-hydroxylation sites is 1. The average molecular weight is 403 g/mol. The van der Waals surface area contributed by atoms with E-state index in [2.05, 4.69) is 32.5 Å². The Kier molecular flexibility index (Phi) is 8.08. The molecule has 1 amide bonds. The maximum atomic E-state index is 11.3. The first-order chi connectivity index (χ1) is 14.7. The molecule has 2 heterocycles. The van der Waals surface area contributed by atoms with Crippen LogP contribution in [-0.2, 0) is 9.53 Å². The van der Waals surface area contributed by atoms with Crippen LogP contribution in [0.5, 0.6) is 0 Å². The Morgan fingerprint density at radius 3 is 2.33 bits per heavy atom. The molecule has 0 spiro atoms. The van der Waals surface area contributed by atoms with Crippen molar-refractivity contribution in [1.82, 2.24) is 15.3 Å². The van der Waals surface area contributed by atoms with Gasteiger partial charge in [-0.3, -0.25) is 4.79 Å². The fraction of sp³-hybridized carbons (Fsp3) is 0.174. The maximum absolute atomic E-state index is 11.3. The Bertz CT molecular complexity index is 930. The van der Waals surface area contributed by atoms with Crippen LogP contribution in [-0.4, -0.2) is 42.2 Å². The number of nitrogens with zero attached hydrogens (tertiary/aromatic N) is 2. The summed E-state index contributed by atoms with van der Waals surface area (Å²) in [6, 6.07) is 19.0. The van der Waals surface area contributed by atoms with Gasteiger partial charge in [-0.2, -0.15) is 0 Å². The van der Waals surface area contributed by atoms with Gasteiger partial charge in [0.25, 0.3) is 0 Å². The first-order valence-corrected chi connectivity index (χ1v) is 9.72. The lowest BCUT2D eigenvalue weighted by molar-refractivity contribution is -0.111. The molecule has 0 atom stereocenters. The molecule has 154 valence electrons. The number of carbonyl (C=O) groups excluding carboxylic acids is 1. The van der Waals surface area contributed by atoms with Crippen LogP contribution in [0.25, 0.3) is 11.3 Å². The van der Waals surface area contributed by atoms with E-state index in [-0.39, 0.29) is 5.91 Å². The third-order valence-corrected chi connectivity index (χ3v) is 4.17. The average Bonchev–Trinajstić information content (AvgIpc) is 2.82. The Hall–Kier alpha value is -3.55. The molecule has 2 aromatic carbocycles. The number of morpholine rings is 1. The van der Waals surface area contributed by atoms with Crippen molar-refractivity contribution in [2.24, 2.45) is 0 Å². The molecule has 3 N–H and O–H groups in total. The molecule has 3 aromatic rings. The molecule has 1 aliphatic heterocycles. The van der Waals surface area contributed by atoms with Crippen molar-refractivity contribution in [1.29, 1.82) is 0 Å². The van der Waals surface area contributed by atoms with Gasteiger partial charge in [-0.15, -0.1) is 0 Å². The zero-order valence-corrected chi connectivity index (χ0v) is 16.7. The summed E-state index contributed by atoms with van der Waals surface area (Å²) >= 11 is 0. The normalized spacial score (nSPS) is 12.8. The molecule has 0 saturated carbocycles. The highest BCUT2D eigenvalue weighted by atomic mass is 16.5. The number of carbonyl (C=O) groups is 1. The van der Waals surface area contributed by atoms with Crippen molar-refractivity contribution >= 4 is 23.2 Å². The number of hydrogen-bond acceptors (Lipinski definition) is 6. The van der Waals surface area contributed by atoms with Crippen LogP contribution < -0.4 is 16.0 Å². The summed E-state index contributed by atoms with van der Waals surface area (Å²) in [5.41, 5.74) is 3.37. The van der Waals surface area contributed by atoms with E-state index in [9.17, 15) is 4.79 Å². The molecule has 1 fully saturated rings. The van der Waals surface area contributed by atoms with Crippen LogP contribution in [0.15, 0.2) is 79.5 Å². The number of benzene rings is 2. The summed E-state index contributed by atoms with van der Waals surface area (Å²) in [7, 11) is 0. The highest BCUT2D eigenvalue weighted by Crippen LogP contribution is 2.21. The number of hydrogen-bond donors (Lipinski definition) is 3. The van der Waals surface area contributed by atoms with E-state index < -0.39 is 0 Å². The number of ether oxygens (including phenoxy) is 1. The summed E-state index contributed by atoms with van der Waals surface area (Å²) in [5, 5.41) is 9.04. The lowest BCUT2D eigenvalue weighted by atomic mass is 10.1. The first kappa shape index (κ1) is 21.2. The summed E-state index contributed by atoms with van der Waals surface area (Å²) in [4.78, 5) is 20.1. The van der Waals surface area contributed by atoms with Gasteiger partial charge < -0.3 is 20.7 Å². The minimum absolute atomic E-state index is 0.237. The fourth-order valence-corrected chi connectivity index (χ4v) is 2.66. The molecule has 7 heteroatoms. The Morgan fingerprint density at radius 1 is 1.00 bits per heavy atom. The molecule has 0 bridgehead atoms. The third-order valence-electron chi connectivity index (χ3n) is 4.17. The molecule has 4 rings (SSSR count). The minimum Gasteiger partial charge on any atom is -0.379 e. The predicted octanol–water partition coefficient (Wildman–Crippen LogP) is 3.62. The van der Waals surface area contributed by atoms with Crippen LogP contribution in [0.4, 0.5) is 17.3 Å². The number of nitrogens with one attached hydrogen (secondary N) is 3. The van der Waals surface area contributed by atoms with Gasteiger partial charge in [-0.25, -0.2) is 9.97 Å². The summed E-state index contributed by atoms with van der Waals surface area (Å²) in [6.07, 6.45) is 2.95. The summed E-state index contributed by atoms with van der Waals surface area (Å²) < 4.78 is 5.01. The third kappa shape index (κ3) is 6.80. The first-order valence-electron chi connectivity index (χ1n) is 9.72. The number of amides is 1. The number of rotatable bonds is 5. The van der Waals surface area contributed by atoms with Crippen LogP contribution in [0, 0.1) is 0 Å². The van der Waals surface area contributed by atoms with Gasteiger partial charge in [0, 0.05) is 36.2 Å². The molecule has 1 saturated heterocycles. The van der Waals surface area contributed by atoms with Gasteiger partial charge in [-0.1, -0.05) is 36.9 Å². The lowest BCUT2D eigenvalue weighted by Crippen LogP contribution is -2.30. The predicted molar refractivity (Wildman–Crippen MR) is 120 cm³/mol. The van der Waals surface area contributed by atoms with Crippen LogP contribution >= 0.6 is 0 Å². The van der Waals surface area contributed by atoms with E-state index in [0.717, 1.165) is 43.2 Å². The maximum Gasteiger partial charge on any atom is 0.247 e. The molecular formula is C23H25N5O2. The SMILES string of the molecule is C1COCCN1.C=CC(=O)Nc1ccc(-c2ccnc(Nc3ccccc3)n2)cc1. The van der Waals surface area contributed by atoms with Crippen LogP contribution in [0.3, 0.4) is 0 Å². The van der Waals surface area contributed by atoms with Crippen molar-refractivity contribution in [2.75, 3.05) is 36.9 Å². The van der Waals surface area contributed by atoms with E-state index in [4.69, 9.17) is 4.74 Å². The monoisotopic (exact) mass is 403 g/mol. The smallest absolute Gasteiger partial charge is 0.247 e. The standard InChI is InChI=1S/C19H16N4O.C4H9NO/c1-2-18(24)21-16-10-8-14(9-11-16)17-12-13-20-19(23-17)22-15-6-4-3-5-7-15;1-3-6-4-2-5-1/h2-13H,1H2,(H,21,24)(H,20,22,23);5H,1-4H2. The Labute approximate surface area is 176 Å². The lowest BCUT2D eigenvalue weighted by Gasteiger charge is -2.10. The topological polar surface area (TPSA) is 88.2 Å². The number of aromatic nitrogens is 2. The van der Waals surface area contributed by atoms with E-state index in [1.807, 2.05) is 60.7 Å². The minimum atomic E-state index is -0.237. The van der Waals surface area contributed by atoms with Crippen LogP contribution in [0.2, 0.25) is 0 Å². The van der Waals surface area contributed by atoms with Crippen molar-refractivity contribution in [3.8, 4) is 11.3 Å². The molecule has 30 heavy (non-hydrogen) atoms. The molecule has 0 radical (unpaired) electrons. The zero-order valence-electron chi connectivity index (χ0n) is 16.7. The van der Waals surface area contributed by atoms with Crippen molar-refractivity contribution in [3.63, 3.8) is 0 Å². The molecule has 0 unspecified atom stereocenters. The fourth-order valence-electron chi connectivity index (χ4n) is 2.66. The summed E-state index contributed by atoms with van der Waals surface area (Å²) in [6.45, 7) is 7.26. The second kappa shape index (κ2) is 11.5. The Morgan fingerprint density at radius 2 is 1.73 bits per heavy atom. The van der Waals surface area contributed by atoms with Gasteiger partial charge in [0.1, 0.15) is 0 Å². The summed E-state index contributed by atoms with van der Waals surface area (Å²) in [5.74, 6) is 0.293. The van der Waals surface area contributed by atoms with E-state index in [1.54, 1.807) is 6.20 Å². The van der Waals surface area contributed by atoms with Gasteiger partial charge in [-0.05, 0) is 36.4 Å². The van der Waals surface area contributed by atoms with Crippen molar-refractivity contribution in [2.45, 2.75) is 0 Å². The molecule has 1 aliphatic rings. The second-order valence-corrected chi connectivity index (χ2v) is 6.39. The van der Waals surface area contributed by atoms with Crippen molar-refractivity contribution < 1.29 is 9.53 Å². The van der Waals surface area contributed by atoms with Crippen molar-refractivity contribution in [3.05, 3.63) is 79.5 Å². The van der Waals surface area contributed by atoms with E-state index in [0.29, 0.717) is 11.6 Å². The van der Waals surface area contributed by atoms with Gasteiger partial charge >= 0.3 is 0 Å². The molecule has 1 aromatic heterocycles. The van der Waals surface area contributed by atoms with E-state index in [1.165, 1.54) is 6.08 Å².